The fourth-order valence-corrected chi connectivity index (χ4v) is 3.21. The summed E-state index contributed by atoms with van der Waals surface area (Å²) in [7, 11) is 0. The van der Waals surface area contributed by atoms with Gasteiger partial charge in [0.2, 0.25) is 11.9 Å². The van der Waals surface area contributed by atoms with Crippen LogP contribution in [-0.2, 0) is 6.54 Å². The molecule has 142 valence electrons. The number of amides is 1. The maximum atomic E-state index is 12.6. The van der Waals surface area contributed by atoms with E-state index in [9.17, 15) is 4.79 Å². The highest BCUT2D eigenvalue weighted by Crippen LogP contribution is 2.20. The van der Waals surface area contributed by atoms with Crippen molar-refractivity contribution < 1.29 is 4.79 Å². The number of benzene rings is 2. The van der Waals surface area contributed by atoms with Crippen LogP contribution in [-0.4, -0.2) is 30.8 Å². The van der Waals surface area contributed by atoms with Crippen molar-refractivity contribution in [2.24, 2.45) is 0 Å². The average Bonchev–Trinajstić information content (AvgIpc) is 3.41. The van der Waals surface area contributed by atoms with Crippen molar-refractivity contribution in [3.63, 3.8) is 0 Å². The number of nitrogens with one attached hydrogen (secondary N) is 4. The molecule has 0 radical (unpaired) electrons. The smallest absolute Gasteiger partial charge is 0.260 e. The van der Waals surface area contributed by atoms with Crippen LogP contribution in [0.3, 0.4) is 0 Å². The first-order valence-corrected chi connectivity index (χ1v) is 9.13. The van der Waals surface area contributed by atoms with Gasteiger partial charge in [0, 0.05) is 24.0 Å². The Kier molecular flexibility index (Phi) is 4.14. The summed E-state index contributed by atoms with van der Waals surface area (Å²) in [5.41, 5.74) is 2.73. The molecule has 4 N–H and O–H groups in total. The second-order valence-corrected chi connectivity index (χ2v) is 6.56. The minimum Gasteiger partial charge on any atom is -0.350 e. The number of nitrogens with zero attached hydrogens (tertiary/aromatic N) is 3. The number of fused-ring (bicyclic) bond motifs is 2. The molecule has 0 saturated heterocycles. The predicted octanol–water partition coefficient (Wildman–Crippen LogP) is 3.70. The molecule has 0 aliphatic carbocycles. The van der Waals surface area contributed by atoms with Gasteiger partial charge < -0.3 is 15.3 Å². The second-order valence-electron chi connectivity index (χ2n) is 6.56. The summed E-state index contributed by atoms with van der Waals surface area (Å²) < 4.78 is 0. The van der Waals surface area contributed by atoms with Crippen molar-refractivity contribution in [2.75, 3.05) is 10.6 Å². The number of rotatable bonds is 5. The lowest BCUT2D eigenvalue weighted by molar-refractivity contribution is 0.102. The molecule has 0 aliphatic heterocycles. The first-order valence-electron chi connectivity index (χ1n) is 9.13. The van der Waals surface area contributed by atoms with Crippen molar-refractivity contribution >= 4 is 39.6 Å². The van der Waals surface area contributed by atoms with Gasteiger partial charge in [-0.1, -0.05) is 30.3 Å². The lowest BCUT2D eigenvalue weighted by Gasteiger charge is -2.04. The molecule has 3 aromatic heterocycles. The van der Waals surface area contributed by atoms with Crippen LogP contribution in [0, 0.1) is 0 Å². The number of carbonyl (C=O) groups excluding carboxylic acids is 1. The normalized spacial score (nSPS) is 11.0. The van der Waals surface area contributed by atoms with Crippen LogP contribution in [0.1, 0.15) is 16.1 Å². The van der Waals surface area contributed by atoms with Gasteiger partial charge in [-0.05, 0) is 23.6 Å². The van der Waals surface area contributed by atoms with Gasteiger partial charge in [-0.2, -0.15) is 0 Å². The van der Waals surface area contributed by atoms with Crippen molar-refractivity contribution in [3.05, 3.63) is 78.4 Å². The van der Waals surface area contributed by atoms with E-state index in [1.165, 1.54) is 0 Å². The SMILES string of the molecule is O=C(Nc1ncc[nH]1)c1cccc2[nH]c(NCc3cc4ccccc4cn3)nc12. The van der Waals surface area contributed by atoms with Crippen molar-refractivity contribution in [1.82, 2.24) is 24.9 Å². The summed E-state index contributed by atoms with van der Waals surface area (Å²) in [6.07, 6.45) is 5.09. The number of anilines is 2. The highest BCUT2D eigenvalue weighted by Gasteiger charge is 2.14. The third kappa shape index (κ3) is 3.39. The van der Waals surface area contributed by atoms with Gasteiger partial charge >= 0.3 is 0 Å². The van der Waals surface area contributed by atoms with Gasteiger partial charge in [0.25, 0.3) is 5.91 Å². The van der Waals surface area contributed by atoms with Crippen LogP contribution in [0.15, 0.2) is 67.1 Å². The third-order valence-electron chi connectivity index (χ3n) is 4.61. The maximum absolute atomic E-state index is 12.6. The van der Waals surface area contributed by atoms with Gasteiger partial charge in [-0.25, -0.2) is 9.97 Å². The van der Waals surface area contributed by atoms with Crippen LogP contribution < -0.4 is 10.6 Å². The lowest BCUT2D eigenvalue weighted by atomic mass is 10.1. The van der Waals surface area contributed by atoms with Gasteiger partial charge in [0.1, 0.15) is 5.52 Å². The van der Waals surface area contributed by atoms with Crippen LogP contribution in [0.25, 0.3) is 21.8 Å². The Morgan fingerprint density at radius 3 is 2.76 bits per heavy atom. The molecule has 0 unspecified atom stereocenters. The molecule has 3 heterocycles. The minimum absolute atomic E-state index is 0.278. The molecule has 5 aromatic rings. The topological polar surface area (TPSA) is 111 Å². The van der Waals surface area contributed by atoms with Gasteiger partial charge in [-0.3, -0.25) is 15.1 Å². The van der Waals surface area contributed by atoms with E-state index < -0.39 is 0 Å². The predicted molar refractivity (Wildman–Crippen MR) is 112 cm³/mol. The maximum Gasteiger partial charge on any atom is 0.260 e. The number of para-hydroxylation sites is 1. The molecule has 8 nitrogen and oxygen atoms in total. The zero-order valence-electron chi connectivity index (χ0n) is 15.3. The van der Waals surface area contributed by atoms with E-state index in [0.29, 0.717) is 29.5 Å². The first-order chi connectivity index (χ1) is 14.3. The number of carbonyl (C=O) groups is 1. The fraction of sp³-hybridized carbons (Fsp3) is 0.0476. The molecule has 0 spiro atoms. The Hall–Kier alpha value is -4.20. The standard InChI is InChI=1S/C21H17N7O/c29-19(28-20-22-8-9-23-20)16-6-3-7-17-18(16)27-21(26-17)25-12-15-10-13-4-1-2-5-14(13)11-24-15/h1-11H,12H2,(H2,25,26,27)(H2,22,23,28,29). The van der Waals surface area contributed by atoms with Crippen LogP contribution in [0.2, 0.25) is 0 Å². The fourth-order valence-electron chi connectivity index (χ4n) is 3.21. The molecule has 0 saturated carbocycles. The number of H-pyrrole nitrogens is 2. The number of aromatic amines is 2. The summed E-state index contributed by atoms with van der Waals surface area (Å²) >= 11 is 0. The Morgan fingerprint density at radius 1 is 1.00 bits per heavy atom. The van der Waals surface area contributed by atoms with E-state index >= 15 is 0 Å². The van der Waals surface area contributed by atoms with Crippen LogP contribution in [0.5, 0.6) is 0 Å². The van der Waals surface area contributed by atoms with E-state index in [1.807, 2.05) is 42.6 Å². The molecule has 0 atom stereocenters. The van der Waals surface area contributed by atoms with Crippen molar-refractivity contribution in [3.8, 4) is 0 Å². The van der Waals surface area contributed by atoms with E-state index in [4.69, 9.17) is 0 Å². The Bertz CT molecular complexity index is 1310. The molecule has 2 aromatic carbocycles. The third-order valence-corrected chi connectivity index (χ3v) is 4.61. The van der Waals surface area contributed by atoms with Crippen LogP contribution >= 0.6 is 0 Å². The van der Waals surface area contributed by atoms with Gasteiger partial charge in [0.05, 0.1) is 23.3 Å². The minimum atomic E-state index is -0.278. The zero-order valence-corrected chi connectivity index (χ0v) is 15.3. The second kappa shape index (κ2) is 7.08. The highest BCUT2D eigenvalue weighted by atomic mass is 16.1. The Labute approximate surface area is 165 Å². The first kappa shape index (κ1) is 16.9. The monoisotopic (exact) mass is 383 g/mol. The summed E-state index contributed by atoms with van der Waals surface area (Å²) in [5.74, 6) is 0.691. The molecule has 1 amide bonds. The summed E-state index contributed by atoms with van der Waals surface area (Å²) in [6, 6.07) is 15.6. The Morgan fingerprint density at radius 2 is 1.90 bits per heavy atom. The molecular formula is C21H17N7O. The molecule has 29 heavy (non-hydrogen) atoms. The number of pyridine rings is 1. The number of hydrogen-bond acceptors (Lipinski definition) is 5. The molecular weight excluding hydrogens is 366 g/mol. The molecule has 0 aliphatic rings. The van der Waals surface area contributed by atoms with Crippen LogP contribution in [0.4, 0.5) is 11.9 Å². The van der Waals surface area contributed by atoms with Crippen molar-refractivity contribution in [1.29, 1.82) is 0 Å². The largest absolute Gasteiger partial charge is 0.350 e. The number of aromatic nitrogens is 5. The molecule has 8 heteroatoms. The Balaban J connectivity index is 1.37. The number of imidazole rings is 2. The summed E-state index contributed by atoms with van der Waals surface area (Å²) in [4.78, 5) is 31.7. The van der Waals surface area contributed by atoms with E-state index in [2.05, 4.69) is 41.6 Å². The van der Waals surface area contributed by atoms with Gasteiger partial charge in [-0.15, -0.1) is 0 Å². The number of hydrogen-bond donors (Lipinski definition) is 4. The average molecular weight is 383 g/mol. The summed E-state index contributed by atoms with van der Waals surface area (Å²) in [6.45, 7) is 0.512. The lowest BCUT2D eigenvalue weighted by Crippen LogP contribution is -2.13. The molecule has 5 rings (SSSR count). The summed E-state index contributed by atoms with van der Waals surface area (Å²) in [5, 5.41) is 8.22. The zero-order chi connectivity index (χ0) is 19.6. The van der Waals surface area contributed by atoms with Crippen molar-refractivity contribution in [2.45, 2.75) is 6.54 Å². The van der Waals surface area contributed by atoms with E-state index in [1.54, 1.807) is 18.5 Å². The molecule has 0 fully saturated rings. The highest BCUT2D eigenvalue weighted by molar-refractivity contribution is 6.11. The molecule has 0 bridgehead atoms. The van der Waals surface area contributed by atoms with E-state index in [0.717, 1.165) is 22.0 Å². The van der Waals surface area contributed by atoms with E-state index in [-0.39, 0.29) is 5.91 Å². The van der Waals surface area contributed by atoms with Gasteiger partial charge in [0.15, 0.2) is 0 Å². The quantitative estimate of drug-likeness (QED) is 0.370.